The van der Waals surface area contributed by atoms with Crippen LogP contribution in [0.25, 0.3) is 4.96 Å². The number of fused-ring (bicyclic) bond motifs is 1. The molecule has 8 heteroatoms. The predicted octanol–water partition coefficient (Wildman–Crippen LogP) is -0.772. The van der Waals surface area contributed by atoms with E-state index in [0.717, 1.165) is 4.96 Å². The Morgan fingerprint density at radius 3 is 3.00 bits per heavy atom. The van der Waals surface area contributed by atoms with Gasteiger partial charge in [-0.05, 0) is 6.42 Å². The molecular formula is C12H15N3O4S. The number of nitrogens with one attached hydrogen (secondary N) is 1. The maximum Gasteiger partial charge on any atom is 0.269 e. The number of aliphatic hydroxyl groups is 3. The van der Waals surface area contributed by atoms with E-state index < -0.39 is 24.2 Å². The van der Waals surface area contributed by atoms with Gasteiger partial charge < -0.3 is 20.6 Å². The number of thiazole rings is 1. The molecule has 1 aliphatic carbocycles. The molecule has 0 bridgehead atoms. The number of nitrogens with zero attached hydrogens (tertiary/aromatic N) is 2. The second kappa shape index (κ2) is 5.13. The number of imidazole rings is 1. The first-order chi connectivity index (χ1) is 9.61. The van der Waals surface area contributed by atoms with Gasteiger partial charge in [0.15, 0.2) is 4.96 Å². The zero-order chi connectivity index (χ0) is 14.3. The van der Waals surface area contributed by atoms with Gasteiger partial charge in [-0.25, -0.2) is 4.98 Å². The van der Waals surface area contributed by atoms with Crippen LogP contribution >= 0.6 is 11.3 Å². The Kier molecular flexibility index (Phi) is 3.47. The van der Waals surface area contributed by atoms with E-state index in [4.69, 9.17) is 5.11 Å². The molecule has 1 amide bonds. The number of aromatic nitrogens is 2. The lowest BCUT2D eigenvalue weighted by Gasteiger charge is -2.17. The minimum atomic E-state index is -1.06. The first kappa shape index (κ1) is 13.5. The SMILES string of the molecule is O=C(N[C@H]1C[C@@H](CO)[C@H](O)[C@@H]1O)c1csc2nccn12. The Bertz CT molecular complexity index is 625. The standard InChI is InChI=1S/C12H15N3O4S/c16-4-6-3-7(10(18)9(6)17)14-11(19)8-5-20-12-13-1-2-15(8)12/h1-2,5-7,9-10,16-18H,3-4H2,(H,14,19)/t6-,7-,9-,10+/m0/s1. The van der Waals surface area contributed by atoms with Crippen molar-refractivity contribution in [3.63, 3.8) is 0 Å². The summed E-state index contributed by atoms with van der Waals surface area (Å²) in [5, 5.41) is 33.1. The normalized spacial score (nSPS) is 29.9. The van der Waals surface area contributed by atoms with Crippen molar-refractivity contribution in [1.82, 2.24) is 14.7 Å². The lowest BCUT2D eigenvalue weighted by atomic mass is 10.1. The minimum Gasteiger partial charge on any atom is -0.396 e. The van der Waals surface area contributed by atoms with E-state index in [1.807, 2.05) is 0 Å². The Labute approximate surface area is 118 Å². The Hall–Kier alpha value is -1.48. The third-order valence-electron chi connectivity index (χ3n) is 3.73. The van der Waals surface area contributed by atoms with E-state index in [1.165, 1.54) is 11.3 Å². The van der Waals surface area contributed by atoms with Crippen LogP contribution in [0.4, 0.5) is 0 Å². The highest BCUT2D eigenvalue weighted by Crippen LogP contribution is 2.26. The molecule has 0 radical (unpaired) electrons. The zero-order valence-corrected chi connectivity index (χ0v) is 11.3. The van der Waals surface area contributed by atoms with Gasteiger partial charge in [0, 0.05) is 30.3 Å². The van der Waals surface area contributed by atoms with E-state index in [-0.39, 0.29) is 12.5 Å². The number of amides is 1. The molecular weight excluding hydrogens is 282 g/mol. The van der Waals surface area contributed by atoms with Gasteiger partial charge in [-0.15, -0.1) is 11.3 Å². The fraction of sp³-hybridized carbons (Fsp3) is 0.500. The van der Waals surface area contributed by atoms with Gasteiger partial charge in [-0.2, -0.15) is 0 Å². The summed E-state index contributed by atoms with van der Waals surface area (Å²) in [6.07, 6.45) is 1.58. The molecule has 1 fully saturated rings. The second-order valence-electron chi connectivity index (χ2n) is 4.94. The lowest BCUT2D eigenvalue weighted by molar-refractivity contribution is 0.000115. The summed E-state index contributed by atoms with van der Waals surface area (Å²) in [5.74, 6) is -0.741. The molecule has 0 saturated heterocycles. The Morgan fingerprint density at radius 2 is 2.30 bits per heavy atom. The van der Waals surface area contributed by atoms with Crippen molar-refractivity contribution in [2.75, 3.05) is 6.61 Å². The van der Waals surface area contributed by atoms with E-state index in [0.29, 0.717) is 12.1 Å². The van der Waals surface area contributed by atoms with E-state index in [2.05, 4.69) is 10.3 Å². The molecule has 0 unspecified atom stereocenters. The van der Waals surface area contributed by atoms with Gasteiger partial charge >= 0.3 is 0 Å². The highest BCUT2D eigenvalue weighted by molar-refractivity contribution is 7.15. The van der Waals surface area contributed by atoms with Crippen molar-refractivity contribution in [2.45, 2.75) is 24.7 Å². The van der Waals surface area contributed by atoms with Crippen LogP contribution in [-0.2, 0) is 0 Å². The molecule has 2 heterocycles. The highest BCUT2D eigenvalue weighted by Gasteiger charge is 2.41. The van der Waals surface area contributed by atoms with Crippen molar-refractivity contribution in [3.05, 3.63) is 23.5 Å². The Morgan fingerprint density at radius 1 is 1.50 bits per heavy atom. The second-order valence-corrected chi connectivity index (χ2v) is 5.78. The average Bonchev–Trinajstić information content (AvgIpc) is 3.09. The van der Waals surface area contributed by atoms with Crippen LogP contribution in [0.2, 0.25) is 0 Å². The molecule has 20 heavy (non-hydrogen) atoms. The van der Waals surface area contributed by atoms with Gasteiger partial charge in [0.25, 0.3) is 5.91 Å². The molecule has 0 spiro atoms. The molecule has 108 valence electrons. The van der Waals surface area contributed by atoms with Crippen LogP contribution in [0, 0.1) is 5.92 Å². The molecule has 1 saturated carbocycles. The van der Waals surface area contributed by atoms with Crippen LogP contribution in [0.1, 0.15) is 16.9 Å². The van der Waals surface area contributed by atoms with Crippen LogP contribution in [0.3, 0.4) is 0 Å². The predicted molar refractivity (Wildman–Crippen MR) is 71.5 cm³/mol. The maximum atomic E-state index is 12.2. The number of rotatable bonds is 3. The van der Waals surface area contributed by atoms with Crippen molar-refractivity contribution in [3.8, 4) is 0 Å². The first-order valence-corrected chi connectivity index (χ1v) is 7.18. The van der Waals surface area contributed by atoms with E-state index in [9.17, 15) is 15.0 Å². The molecule has 4 atom stereocenters. The zero-order valence-electron chi connectivity index (χ0n) is 10.5. The minimum absolute atomic E-state index is 0.213. The van der Waals surface area contributed by atoms with E-state index in [1.54, 1.807) is 22.2 Å². The van der Waals surface area contributed by atoms with Crippen LogP contribution in [-0.4, -0.2) is 55.5 Å². The number of carbonyl (C=O) groups is 1. The van der Waals surface area contributed by atoms with Crippen molar-refractivity contribution < 1.29 is 20.1 Å². The molecule has 7 nitrogen and oxygen atoms in total. The van der Waals surface area contributed by atoms with Crippen LogP contribution < -0.4 is 5.32 Å². The topological polar surface area (TPSA) is 107 Å². The molecule has 3 rings (SSSR count). The van der Waals surface area contributed by atoms with Gasteiger partial charge in [0.2, 0.25) is 0 Å². The highest BCUT2D eigenvalue weighted by atomic mass is 32.1. The molecule has 0 aliphatic heterocycles. The molecule has 0 aromatic carbocycles. The lowest BCUT2D eigenvalue weighted by Crippen LogP contribution is -2.43. The van der Waals surface area contributed by atoms with Crippen molar-refractivity contribution in [2.24, 2.45) is 5.92 Å². The monoisotopic (exact) mass is 297 g/mol. The summed E-state index contributed by atoms with van der Waals surface area (Å²) >= 11 is 1.35. The number of carbonyl (C=O) groups excluding carboxylic acids is 1. The van der Waals surface area contributed by atoms with Crippen molar-refractivity contribution >= 4 is 22.2 Å². The third kappa shape index (κ3) is 2.10. The van der Waals surface area contributed by atoms with Gasteiger partial charge in [0.1, 0.15) is 11.8 Å². The van der Waals surface area contributed by atoms with Gasteiger partial charge in [-0.3, -0.25) is 9.20 Å². The van der Waals surface area contributed by atoms with Crippen LogP contribution in [0.15, 0.2) is 17.8 Å². The summed E-state index contributed by atoms with van der Waals surface area (Å²) in [6, 6.07) is -0.562. The average molecular weight is 297 g/mol. The van der Waals surface area contributed by atoms with Gasteiger partial charge in [0.05, 0.1) is 12.1 Å². The number of hydrogen-bond donors (Lipinski definition) is 4. The summed E-state index contributed by atoms with van der Waals surface area (Å²) in [4.78, 5) is 17.0. The van der Waals surface area contributed by atoms with Crippen LogP contribution in [0.5, 0.6) is 0 Å². The molecule has 4 N–H and O–H groups in total. The summed E-state index contributed by atoms with van der Waals surface area (Å²) in [6.45, 7) is -0.213. The number of hydrogen-bond acceptors (Lipinski definition) is 6. The van der Waals surface area contributed by atoms with E-state index >= 15 is 0 Å². The smallest absolute Gasteiger partial charge is 0.269 e. The fourth-order valence-electron chi connectivity index (χ4n) is 2.58. The fourth-order valence-corrected chi connectivity index (χ4v) is 3.41. The summed E-state index contributed by atoms with van der Waals surface area (Å²) < 4.78 is 1.67. The van der Waals surface area contributed by atoms with Crippen molar-refractivity contribution in [1.29, 1.82) is 0 Å². The molecule has 2 aromatic rings. The molecule has 1 aliphatic rings. The summed E-state index contributed by atoms with van der Waals surface area (Å²) in [5.41, 5.74) is 0.441. The summed E-state index contributed by atoms with van der Waals surface area (Å²) in [7, 11) is 0. The maximum absolute atomic E-state index is 12.2. The largest absolute Gasteiger partial charge is 0.396 e. The molecule has 2 aromatic heterocycles. The van der Waals surface area contributed by atoms with Gasteiger partial charge in [-0.1, -0.05) is 0 Å². The Balaban J connectivity index is 1.75. The quantitative estimate of drug-likeness (QED) is 0.595. The third-order valence-corrected chi connectivity index (χ3v) is 4.58. The first-order valence-electron chi connectivity index (χ1n) is 6.30. The number of aliphatic hydroxyl groups excluding tert-OH is 3.